The van der Waals surface area contributed by atoms with Crippen molar-refractivity contribution in [1.29, 1.82) is 0 Å². The van der Waals surface area contributed by atoms with Gasteiger partial charge in [0.15, 0.2) is 0 Å². The van der Waals surface area contributed by atoms with Gasteiger partial charge < -0.3 is 5.73 Å². The lowest BCUT2D eigenvalue weighted by atomic mass is 10.0. The Kier molecular flexibility index (Phi) is 3.62. The normalized spacial score (nSPS) is 18.7. The number of aryl methyl sites for hydroxylation is 2. The van der Waals surface area contributed by atoms with Gasteiger partial charge in [0.1, 0.15) is 0 Å². The fraction of sp³-hybridized carbons (Fsp3) is 0.571. The summed E-state index contributed by atoms with van der Waals surface area (Å²) < 4.78 is 28.1. The van der Waals surface area contributed by atoms with Gasteiger partial charge in [-0.3, -0.25) is 0 Å². The summed E-state index contributed by atoms with van der Waals surface area (Å²) in [6.07, 6.45) is 3.97. The smallest absolute Gasteiger partial charge is 0.241 e. The highest BCUT2D eigenvalue weighted by Crippen LogP contribution is 2.32. The molecule has 19 heavy (non-hydrogen) atoms. The van der Waals surface area contributed by atoms with Gasteiger partial charge in [0.25, 0.3) is 0 Å². The third-order valence-electron chi connectivity index (χ3n) is 3.84. The monoisotopic (exact) mass is 282 g/mol. The number of rotatable bonds is 3. The molecule has 1 aromatic rings. The van der Waals surface area contributed by atoms with Crippen LogP contribution in [0.3, 0.4) is 0 Å². The molecule has 0 aromatic heterocycles. The summed E-state index contributed by atoms with van der Waals surface area (Å²) in [5.74, 6) is 0. The van der Waals surface area contributed by atoms with Crippen molar-refractivity contribution in [2.45, 2.75) is 56.9 Å². The van der Waals surface area contributed by atoms with Gasteiger partial charge >= 0.3 is 0 Å². The highest BCUT2D eigenvalue weighted by atomic mass is 32.2. The number of hydrogen-bond donors (Lipinski definition) is 2. The predicted molar refractivity (Wildman–Crippen MR) is 77.5 cm³/mol. The second-order valence-corrected chi connectivity index (χ2v) is 7.48. The average molecular weight is 282 g/mol. The minimum absolute atomic E-state index is 0.306. The van der Waals surface area contributed by atoms with E-state index < -0.39 is 10.0 Å². The van der Waals surface area contributed by atoms with E-state index in [1.165, 1.54) is 0 Å². The zero-order valence-electron chi connectivity index (χ0n) is 11.8. The molecule has 0 spiro atoms. The molecule has 0 heterocycles. The lowest BCUT2D eigenvalue weighted by Crippen LogP contribution is -2.43. The van der Waals surface area contributed by atoms with E-state index in [9.17, 15) is 8.42 Å². The van der Waals surface area contributed by atoms with E-state index in [1.807, 2.05) is 6.92 Å². The first kappa shape index (κ1) is 14.3. The van der Waals surface area contributed by atoms with Gasteiger partial charge in [0.2, 0.25) is 10.0 Å². The second kappa shape index (κ2) is 4.80. The molecular weight excluding hydrogens is 260 g/mol. The first-order chi connectivity index (χ1) is 8.73. The maximum atomic E-state index is 12.6. The Bertz CT molecular complexity index is 564. The van der Waals surface area contributed by atoms with Crippen LogP contribution in [0.25, 0.3) is 0 Å². The predicted octanol–water partition coefficient (Wildman–Crippen LogP) is 2.50. The molecule has 2 rings (SSSR count). The standard InChI is InChI=1S/C14H22N2O2S/c1-10-8-12(15)9-11(2)13(10)19(17,18)16-14(3)6-4-5-7-14/h8-9,16H,4-7,15H2,1-3H3. The molecule has 5 heteroatoms. The minimum Gasteiger partial charge on any atom is -0.399 e. The summed E-state index contributed by atoms with van der Waals surface area (Å²) in [7, 11) is -3.49. The number of sulfonamides is 1. The van der Waals surface area contributed by atoms with Crippen LogP contribution >= 0.6 is 0 Å². The van der Waals surface area contributed by atoms with E-state index in [0.717, 1.165) is 25.7 Å². The second-order valence-electron chi connectivity index (χ2n) is 5.86. The van der Waals surface area contributed by atoms with E-state index in [0.29, 0.717) is 21.7 Å². The highest BCUT2D eigenvalue weighted by Gasteiger charge is 2.34. The molecule has 106 valence electrons. The van der Waals surface area contributed by atoms with Gasteiger partial charge in [-0.15, -0.1) is 0 Å². The molecule has 0 radical (unpaired) electrons. The molecule has 3 N–H and O–H groups in total. The Morgan fingerprint density at radius 3 is 2.11 bits per heavy atom. The summed E-state index contributed by atoms with van der Waals surface area (Å²) in [4.78, 5) is 0.370. The maximum absolute atomic E-state index is 12.6. The number of nitrogens with one attached hydrogen (secondary N) is 1. The zero-order chi connectivity index (χ0) is 14.3. The van der Waals surface area contributed by atoms with Crippen molar-refractivity contribution in [3.05, 3.63) is 23.3 Å². The van der Waals surface area contributed by atoms with E-state index >= 15 is 0 Å². The van der Waals surface area contributed by atoms with Crippen molar-refractivity contribution >= 4 is 15.7 Å². The largest absolute Gasteiger partial charge is 0.399 e. The first-order valence-corrected chi connectivity index (χ1v) is 8.13. The molecule has 0 atom stereocenters. The molecule has 1 aliphatic carbocycles. The lowest BCUT2D eigenvalue weighted by molar-refractivity contribution is 0.427. The molecule has 1 aromatic carbocycles. The summed E-state index contributed by atoms with van der Waals surface area (Å²) in [6.45, 7) is 5.56. The van der Waals surface area contributed by atoms with Crippen molar-refractivity contribution < 1.29 is 8.42 Å². The Balaban J connectivity index is 2.40. The topological polar surface area (TPSA) is 72.2 Å². The summed E-state index contributed by atoms with van der Waals surface area (Å²) >= 11 is 0. The van der Waals surface area contributed by atoms with Crippen LogP contribution in [0.4, 0.5) is 5.69 Å². The van der Waals surface area contributed by atoms with Crippen molar-refractivity contribution in [3.63, 3.8) is 0 Å². The SMILES string of the molecule is Cc1cc(N)cc(C)c1S(=O)(=O)NC1(C)CCCC1. The number of nitrogen functional groups attached to an aromatic ring is 1. The van der Waals surface area contributed by atoms with Crippen LogP contribution in [0.15, 0.2) is 17.0 Å². The summed E-state index contributed by atoms with van der Waals surface area (Å²) in [6, 6.07) is 3.41. The van der Waals surface area contributed by atoms with Gasteiger partial charge in [0.05, 0.1) is 4.90 Å². The van der Waals surface area contributed by atoms with Gasteiger partial charge in [-0.05, 0) is 56.9 Å². The molecule has 0 bridgehead atoms. The van der Waals surface area contributed by atoms with Crippen LogP contribution < -0.4 is 10.5 Å². The van der Waals surface area contributed by atoms with E-state index in [4.69, 9.17) is 5.73 Å². The van der Waals surface area contributed by atoms with E-state index in [-0.39, 0.29) is 5.54 Å². The van der Waals surface area contributed by atoms with Crippen LogP contribution in [0.5, 0.6) is 0 Å². The lowest BCUT2D eigenvalue weighted by Gasteiger charge is -2.26. The Hall–Kier alpha value is -1.07. The molecule has 1 saturated carbocycles. The number of nitrogens with two attached hydrogens (primary N) is 1. The van der Waals surface area contributed by atoms with Crippen LogP contribution in [0, 0.1) is 13.8 Å². The van der Waals surface area contributed by atoms with E-state index in [2.05, 4.69) is 4.72 Å². The Labute approximate surface area is 115 Å². The molecule has 0 unspecified atom stereocenters. The minimum atomic E-state index is -3.49. The van der Waals surface area contributed by atoms with Crippen LogP contribution in [-0.2, 0) is 10.0 Å². The summed E-state index contributed by atoms with van der Waals surface area (Å²) in [5, 5.41) is 0. The molecule has 1 fully saturated rings. The fourth-order valence-corrected chi connectivity index (χ4v) is 4.96. The summed E-state index contributed by atoms with van der Waals surface area (Å²) in [5.41, 5.74) is 7.44. The third-order valence-corrected chi connectivity index (χ3v) is 5.78. The van der Waals surface area contributed by atoms with Crippen molar-refractivity contribution in [3.8, 4) is 0 Å². The molecule has 4 nitrogen and oxygen atoms in total. The van der Waals surface area contributed by atoms with Crippen molar-refractivity contribution in [1.82, 2.24) is 4.72 Å². The number of benzene rings is 1. The molecular formula is C14H22N2O2S. The van der Waals surface area contributed by atoms with Crippen LogP contribution in [0.1, 0.15) is 43.7 Å². The Morgan fingerprint density at radius 2 is 1.63 bits per heavy atom. The molecule has 1 aliphatic rings. The quantitative estimate of drug-likeness (QED) is 0.837. The van der Waals surface area contributed by atoms with E-state index in [1.54, 1.807) is 26.0 Å². The molecule has 0 saturated heterocycles. The van der Waals surface area contributed by atoms with Gasteiger partial charge in [-0.2, -0.15) is 0 Å². The molecule has 0 amide bonds. The first-order valence-electron chi connectivity index (χ1n) is 6.64. The Morgan fingerprint density at radius 1 is 1.16 bits per heavy atom. The van der Waals surface area contributed by atoms with Crippen LogP contribution in [-0.4, -0.2) is 14.0 Å². The zero-order valence-corrected chi connectivity index (χ0v) is 12.6. The van der Waals surface area contributed by atoms with Crippen molar-refractivity contribution in [2.24, 2.45) is 0 Å². The maximum Gasteiger partial charge on any atom is 0.241 e. The fourth-order valence-electron chi connectivity index (χ4n) is 3.04. The van der Waals surface area contributed by atoms with Gasteiger partial charge in [0, 0.05) is 11.2 Å². The van der Waals surface area contributed by atoms with Gasteiger partial charge in [-0.1, -0.05) is 12.8 Å². The van der Waals surface area contributed by atoms with Crippen LogP contribution in [0.2, 0.25) is 0 Å². The number of hydrogen-bond acceptors (Lipinski definition) is 3. The molecule has 0 aliphatic heterocycles. The number of anilines is 1. The average Bonchev–Trinajstić information content (AvgIpc) is 2.60. The highest BCUT2D eigenvalue weighted by molar-refractivity contribution is 7.89. The third kappa shape index (κ3) is 2.92. The van der Waals surface area contributed by atoms with Crippen molar-refractivity contribution in [2.75, 3.05) is 5.73 Å². The van der Waals surface area contributed by atoms with Gasteiger partial charge in [-0.25, -0.2) is 13.1 Å².